The van der Waals surface area contributed by atoms with Crippen molar-refractivity contribution in [2.45, 2.75) is 0 Å². The summed E-state index contributed by atoms with van der Waals surface area (Å²) in [5.74, 6) is 0. The van der Waals surface area contributed by atoms with Gasteiger partial charge in [-0.1, -0.05) is 115 Å². The topological polar surface area (TPSA) is 0 Å². The molecule has 0 amide bonds. The first kappa shape index (κ1) is 20.2. The Morgan fingerprint density at radius 1 is 0.206 bits per heavy atom. The van der Waals surface area contributed by atoms with Gasteiger partial charge in [-0.05, 0) is 84.5 Å². The summed E-state index contributed by atoms with van der Waals surface area (Å²) in [6, 6.07) is 51.7. The number of fused-ring (bicyclic) bond motifs is 4. The minimum atomic E-state index is 1.27. The first-order chi connectivity index (χ1) is 16.8. The molecule has 0 bridgehead atoms. The van der Waals surface area contributed by atoms with E-state index in [9.17, 15) is 0 Å². The summed E-state index contributed by atoms with van der Waals surface area (Å²) in [6.07, 6.45) is 0. The average molecular weight is 433 g/mol. The highest BCUT2D eigenvalue weighted by atomic mass is 14.1. The first-order valence-electron chi connectivity index (χ1n) is 11.7. The van der Waals surface area contributed by atoms with Crippen molar-refractivity contribution in [3.05, 3.63) is 146 Å². The molecule has 0 aliphatic heterocycles. The third-order valence-corrected chi connectivity index (χ3v) is 6.43. The van der Waals surface area contributed by atoms with E-state index in [-0.39, 0.29) is 0 Å². The van der Waals surface area contributed by atoms with Gasteiger partial charge in [-0.2, -0.15) is 0 Å². The van der Waals surface area contributed by atoms with Crippen LogP contribution >= 0.6 is 0 Å². The molecule has 0 radical (unpaired) electrons. The Bertz CT molecular complexity index is 1640. The predicted molar refractivity (Wildman–Crippen MR) is 148 cm³/mol. The molecule has 7 aromatic rings. The zero-order chi connectivity index (χ0) is 22.7. The Hall–Kier alpha value is -4.42. The standard InChI is InChI=1S/C20H14.C14H10/c1-2-6-15(7-3-1)18-10-11-19-12-16-8-4-5-9-17(16)13-20(19)14-18;1-2-6-12-10-14-8-4-3-7-13(14)9-11(12)5-1/h1-14H;1-10H. The maximum Gasteiger partial charge on any atom is -0.0171 e. The van der Waals surface area contributed by atoms with Crippen LogP contribution in [0.25, 0.3) is 54.2 Å². The van der Waals surface area contributed by atoms with E-state index >= 15 is 0 Å². The van der Waals surface area contributed by atoms with Crippen molar-refractivity contribution >= 4 is 43.1 Å². The summed E-state index contributed by atoms with van der Waals surface area (Å²) >= 11 is 0. The van der Waals surface area contributed by atoms with Crippen molar-refractivity contribution in [2.75, 3.05) is 0 Å². The SMILES string of the molecule is c1ccc(-c2ccc3cc4ccccc4cc3c2)cc1.c1ccc2cc3ccccc3cc2c1. The molecule has 0 nitrogen and oxygen atoms in total. The highest BCUT2D eigenvalue weighted by molar-refractivity contribution is 6.00. The maximum absolute atomic E-state index is 2.27. The Balaban J connectivity index is 0.000000136. The summed E-state index contributed by atoms with van der Waals surface area (Å²) in [4.78, 5) is 0. The van der Waals surface area contributed by atoms with Crippen LogP contribution < -0.4 is 0 Å². The largest absolute Gasteiger partial charge is 0.0622 e. The third-order valence-electron chi connectivity index (χ3n) is 6.43. The van der Waals surface area contributed by atoms with Crippen molar-refractivity contribution < 1.29 is 0 Å². The first-order valence-corrected chi connectivity index (χ1v) is 11.7. The molecular weight excluding hydrogens is 408 g/mol. The highest BCUT2D eigenvalue weighted by Gasteiger charge is 2.01. The number of rotatable bonds is 1. The zero-order valence-electron chi connectivity index (χ0n) is 18.9. The lowest BCUT2D eigenvalue weighted by Gasteiger charge is -2.06. The van der Waals surface area contributed by atoms with Gasteiger partial charge in [0.2, 0.25) is 0 Å². The molecule has 0 aliphatic carbocycles. The summed E-state index contributed by atoms with van der Waals surface area (Å²) in [6.45, 7) is 0. The van der Waals surface area contributed by atoms with Crippen molar-refractivity contribution in [2.24, 2.45) is 0 Å². The second-order valence-electron chi connectivity index (χ2n) is 8.67. The zero-order valence-corrected chi connectivity index (χ0v) is 18.9. The minimum Gasteiger partial charge on any atom is -0.0622 e. The van der Waals surface area contributed by atoms with Crippen molar-refractivity contribution in [3.63, 3.8) is 0 Å². The van der Waals surface area contributed by atoms with Crippen LogP contribution in [0.3, 0.4) is 0 Å². The minimum absolute atomic E-state index is 1.27. The van der Waals surface area contributed by atoms with Gasteiger partial charge in [-0.3, -0.25) is 0 Å². The van der Waals surface area contributed by atoms with Crippen molar-refractivity contribution in [3.8, 4) is 11.1 Å². The number of benzene rings is 7. The molecule has 160 valence electrons. The second-order valence-corrected chi connectivity index (χ2v) is 8.67. The van der Waals surface area contributed by atoms with E-state index in [4.69, 9.17) is 0 Å². The molecule has 0 aromatic heterocycles. The van der Waals surface area contributed by atoms with Crippen LogP contribution in [0, 0.1) is 0 Å². The van der Waals surface area contributed by atoms with Gasteiger partial charge in [0.1, 0.15) is 0 Å². The Morgan fingerprint density at radius 2 is 0.559 bits per heavy atom. The van der Waals surface area contributed by atoms with Gasteiger partial charge in [-0.15, -0.1) is 0 Å². The molecule has 7 aromatic carbocycles. The highest BCUT2D eigenvalue weighted by Crippen LogP contribution is 2.28. The van der Waals surface area contributed by atoms with Gasteiger partial charge in [-0.25, -0.2) is 0 Å². The van der Waals surface area contributed by atoms with Crippen molar-refractivity contribution in [1.29, 1.82) is 0 Å². The summed E-state index contributed by atoms with van der Waals surface area (Å²) in [5, 5.41) is 10.4. The Labute approximate surface area is 199 Å². The van der Waals surface area contributed by atoms with Gasteiger partial charge in [0.25, 0.3) is 0 Å². The molecular formula is C34H24. The van der Waals surface area contributed by atoms with Gasteiger partial charge >= 0.3 is 0 Å². The molecule has 0 heteroatoms. The van der Waals surface area contributed by atoms with Gasteiger partial charge < -0.3 is 0 Å². The molecule has 0 N–H and O–H groups in total. The normalized spacial score (nSPS) is 10.9. The van der Waals surface area contributed by atoms with Gasteiger partial charge in [0.05, 0.1) is 0 Å². The van der Waals surface area contributed by atoms with E-state index in [1.807, 2.05) is 0 Å². The van der Waals surface area contributed by atoms with Crippen LogP contribution in [0.2, 0.25) is 0 Å². The van der Waals surface area contributed by atoms with Crippen LogP contribution in [-0.2, 0) is 0 Å². The lowest BCUT2D eigenvalue weighted by Crippen LogP contribution is -1.80. The van der Waals surface area contributed by atoms with Gasteiger partial charge in [0.15, 0.2) is 0 Å². The molecule has 0 spiro atoms. The summed E-state index contributed by atoms with van der Waals surface area (Å²) in [7, 11) is 0. The molecule has 0 unspecified atom stereocenters. The van der Waals surface area contributed by atoms with Crippen molar-refractivity contribution in [1.82, 2.24) is 0 Å². The van der Waals surface area contributed by atoms with E-state index in [1.54, 1.807) is 0 Å². The Morgan fingerprint density at radius 3 is 1.00 bits per heavy atom. The van der Waals surface area contributed by atoms with Crippen LogP contribution in [0.15, 0.2) is 146 Å². The molecule has 0 atom stereocenters. The average Bonchev–Trinajstić information content (AvgIpc) is 2.91. The number of hydrogen-bond donors (Lipinski definition) is 0. The molecule has 0 saturated heterocycles. The van der Waals surface area contributed by atoms with E-state index in [1.165, 1.54) is 54.2 Å². The summed E-state index contributed by atoms with van der Waals surface area (Å²) in [5.41, 5.74) is 2.54. The van der Waals surface area contributed by atoms with E-state index in [2.05, 4.69) is 146 Å². The number of hydrogen-bond acceptors (Lipinski definition) is 0. The third kappa shape index (κ3) is 4.02. The fourth-order valence-electron chi connectivity index (χ4n) is 4.63. The fourth-order valence-corrected chi connectivity index (χ4v) is 4.63. The molecule has 34 heavy (non-hydrogen) atoms. The van der Waals surface area contributed by atoms with Crippen LogP contribution in [-0.4, -0.2) is 0 Å². The molecule has 0 heterocycles. The lowest BCUT2D eigenvalue weighted by molar-refractivity contribution is 1.65. The quantitative estimate of drug-likeness (QED) is 0.226. The van der Waals surface area contributed by atoms with E-state index < -0.39 is 0 Å². The second kappa shape index (κ2) is 8.84. The van der Waals surface area contributed by atoms with E-state index in [0.29, 0.717) is 0 Å². The van der Waals surface area contributed by atoms with Gasteiger partial charge in [0, 0.05) is 0 Å². The maximum atomic E-state index is 2.27. The predicted octanol–water partition coefficient (Wildman–Crippen LogP) is 9.65. The monoisotopic (exact) mass is 432 g/mol. The molecule has 0 fully saturated rings. The fraction of sp³-hybridized carbons (Fsp3) is 0. The lowest BCUT2D eigenvalue weighted by atomic mass is 9.99. The summed E-state index contributed by atoms with van der Waals surface area (Å²) < 4.78 is 0. The van der Waals surface area contributed by atoms with Crippen LogP contribution in [0.1, 0.15) is 0 Å². The smallest absolute Gasteiger partial charge is 0.0171 e. The van der Waals surface area contributed by atoms with E-state index in [0.717, 1.165) is 0 Å². The van der Waals surface area contributed by atoms with Crippen LogP contribution in [0.5, 0.6) is 0 Å². The Kier molecular flexibility index (Phi) is 5.26. The molecule has 7 rings (SSSR count). The molecule has 0 saturated carbocycles. The molecule has 0 aliphatic rings. The van der Waals surface area contributed by atoms with Crippen LogP contribution in [0.4, 0.5) is 0 Å².